The minimum absolute atomic E-state index is 0.315. The first kappa shape index (κ1) is 15.1. The molecule has 1 aromatic heterocycles. The number of anilines is 1. The maximum Gasteiger partial charge on any atom is 0.263 e. The van der Waals surface area contributed by atoms with Gasteiger partial charge < -0.3 is 10.0 Å². The molecule has 0 spiro atoms. The van der Waals surface area contributed by atoms with Crippen molar-refractivity contribution in [2.24, 2.45) is 0 Å². The van der Waals surface area contributed by atoms with Gasteiger partial charge in [-0.05, 0) is 17.7 Å². The molecule has 0 bridgehead atoms. The minimum Gasteiger partial charge on any atom is -0.375 e. The van der Waals surface area contributed by atoms with Gasteiger partial charge in [0.25, 0.3) is 5.91 Å². The Hall–Kier alpha value is -2.43. The lowest BCUT2D eigenvalue weighted by atomic mass is 9.92. The number of carbonyl (C=O) groups excluding carboxylic acids is 1. The van der Waals surface area contributed by atoms with E-state index in [1.54, 1.807) is 41.6 Å². The van der Waals surface area contributed by atoms with E-state index in [1.807, 2.05) is 24.3 Å². The maximum atomic E-state index is 13.0. The van der Waals surface area contributed by atoms with Crippen LogP contribution in [-0.2, 0) is 10.4 Å². The van der Waals surface area contributed by atoms with Crippen molar-refractivity contribution in [1.29, 1.82) is 0 Å². The number of hydrogen-bond acceptors (Lipinski definition) is 3. The lowest BCUT2D eigenvalue weighted by molar-refractivity contribution is -0.133. The number of halogens is 1. The van der Waals surface area contributed by atoms with Crippen LogP contribution in [0.25, 0.3) is 10.8 Å². The standard InChI is InChI=1S/C19H15ClN2O2/c20-15-6-3-5-14(10-15)19(24)8-9-22(18(19)23)17-12-21-11-13-4-1-2-7-16(13)17/h1-7,10-12,24H,8-9H2/t19-/m1/s1. The Morgan fingerprint density at radius 2 is 1.96 bits per heavy atom. The number of benzene rings is 2. The Bertz CT molecular complexity index is 938. The molecule has 4 rings (SSSR count). The summed E-state index contributed by atoms with van der Waals surface area (Å²) in [6.45, 7) is 0.428. The number of pyridine rings is 1. The molecule has 1 N–H and O–H groups in total. The van der Waals surface area contributed by atoms with E-state index in [9.17, 15) is 9.90 Å². The SMILES string of the molecule is O=C1N(c2cncc3ccccc23)CC[C@@]1(O)c1cccc(Cl)c1. The van der Waals surface area contributed by atoms with Crippen molar-refractivity contribution in [1.82, 2.24) is 4.98 Å². The van der Waals surface area contributed by atoms with Gasteiger partial charge in [0.1, 0.15) is 0 Å². The fourth-order valence-corrected chi connectivity index (χ4v) is 3.45. The molecule has 1 fully saturated rings. The van der Waals surface area contributed by atoms with Crippen molar-refractivity contribution in [3.63, 3.8) is 0 Å². The highest BCUT2D eigenvalue weighted by Crippen LogP contribution is 2.38. The number of amides is 1. The largest absolute Gasteiger partial charge is 0.375 e. The van der Waals surface area contributed by atoms with Crippen LogP contribution in [0.5, 0.6) is 0 Å². The van der Waals surface area contributed by atoms with E-state index in [-0.39, 0.29) is 5.91 Å². The molecular formula is C19H15ClN2O2. The van der Waals surface area contributed by atoms with Gasteiger partial charge in [-0.3, -0.25) is 9.78 Å². The fraction of sp³-hybridized carbons (Fsp3) is 0.158. The van der Waals surface area contributed by atoms with Crippen molar-refractivity contribution in [2.75, 3.05) is 11.4 Å². The Morgan fingerprint density at radius 3 is 2.79 bits per heavy atom. The van der Waals surface area contributed by atoms with Crippen LogP contribution >= 0.6 is 11.6 Å². The van der Waals surface area contributed by atoms with Gasteiger partial charge in [-0.15, -0.1) is 0 Å². The summed E-state index contributed by atoms with van der Waals surface area (Å²) < 4.78 is 0. The van der Waals surface area contributed by atoms with Gasteiger partial charge >= 0.3 is 0 Å². The third kappa shape index (κ3) is 2.27. The number of aromatic nitrogens is 1. The second kappa shape index (κ2) is 5.58. The number of fused-ring (bicyclic) bond motifs is 1. The predicted molar refractivity (Wildman–Crippen MR) is 94.1 cm³/mol. The van der Waals surface area contributed by atoms with E-state index in [2.05, 4.69) is 4.98 Å². The molecule has 2 heterocycles. The topological polar surface area (TPSA) is 53.4 Å². The molecule has 0 saturated carbocycles. The van der Waals surface area contributed by atoms with Crippen LogP contribution in [0.1, 0.15) is 12.0 Å². The van der Waals surface area contributed by atoms with Crippen LogP contribution < -0.4 is 4.90 Å². The number of aliphatic hydroxyl groups is 1. The number of rotatable bonds is 2. The van der Waals surface area contributed by atoms with Crippen LogP contribution in [0.2, 0.25) is 5.02 Å². The zero-order valence-electron chi connectivity index (χ0n) is 12.8. The van der Waals surface area contributed by atoms with Gasteiger partial charge in [-0.25, -0.2) is 0 Å². The summed E-state index contributed by atoms with van der Waals surface area (Å²) in [5.41, 5.74) is -0.311. The molecule has 1 aliphatic rings. The average molecular weight is 339 g/mol. The van der Waals surface area contributed by atoms with Crippen molar-refractivity contribution >= 4 is 34.0 Å². The third-order valence-corrected chi connectivity index (χ3v) is 4.77. The minimum atomic E-state index is -1.55. The monoisotopic (exact) mass is 338 g/mol. The molecule has 24 heavy (non-hydrogen) atoms. The zero-order chi connectivity index (χ0) is 16.7. The maximum absolute atomic E-state index is 13.0. The van der Waals surface area contributed by atoms with Gasteiger partial charge in [-0.1, -0.05) is 48.0 Å². The second-order valence-corrected chi connectivity index (χ2v) is 6.39. The van der Waals surface area contributed by atoms with E-state index in [1.165, 1.54) is 0 Å². The Labute approximate surface area is 144 Å². The molecule has 0 aliphatic carbocycles. The highest BCUT2D eigenvalue weighted by atomic mass is 35.5. The van der Waals surface area contributed by atoms with Gasteiger partial charge in [0.05, 0.1) is 11.9 Å². The molecule has 0 radical (unpaired) electrons. The lowest BCUT2D eigenvalue weighted by Crippen LogP contribution is -2.38. The second-order valence-electron chi connectivity index (χ2n) is 5.96. The molecule has 1 amide bonds. The third-order valence-electron chi connectivity index (χ3n) is 4.54. The fourth-order valence-electron chi connectivity index (χ4n) is 3.26. The molecule has 3 aromatic rings. The molecule has 0 unspecified atom stereocenters. The summed E-state index contributed by atoms with van der Waals surface area (Å²) in [6, 6.07) is 14.6. The summed E-state index contributed by atoms with van der Waals surface area (Å²) in [5.74, 6) is -0.345. The summed E-state index contributed by atoms with van der Waals surface area (Å²) in [7, 11) is 0. The van der Waals surface area contributed by atoms with E-state index < -0.39 is 5.60 Å². The van der Waals surface area contributed by atoms with E-state index in [0.29, 0.717) is 23.6 Å². The van der Waals surface area contributed by atoms with Crippen molar-refractivity contribution in [2.45, 2.75) is 12.0 Å². The Kier molecular flexibility index (Phi) is 3.52. The Morgan fingerprint density at radius 1 is 1.12 bits per heavy atom. The summed E-state index contributed by atoms with van der Waals surface area (Å²) >= 11 is 6.02. The smallest absolute Gasteiger partial charge is 0.263 e. The molecule has 5 heteroatoms. The van der Waals surface area contributed by atoms with Gasteiger partial charge in [0.2, 0.25) is 0 Å². The van der Waals surface area contributed by atoms with Gasteiger partial charge in [0, 0.05) is 35.0 Å². The van der Waals surface area contributed by atoms with Gasteiger partial charge in [-0.2, -0.15) is 0 Å². The molecule has 120 valence electrons. The molecule has 1 atom stereocenters. The van der Waals surface area contributed by atoms with E-state index >= 15 is 0 Å². The molecule has 1 aliphatic heterocycles. The zero-order valence-corrected chi connectivity index (χ0v) is 13.6. The highest BCUT2D eigenvalue weighted by Gasteiger charge is 2.47. The number of carbonyl (C=O) groups is 1. The first-order valence-electron chi connectivity index (χ1n) is 7.73. The molecule has 1 saturated heterocycles. The van der Waals surface area contributed by atoms with Crippen molar-refractivity contribution in [3.05, 3.63) is 71.5 Å². The quantitative estimate of drug-likeness (QED) is 0.778. The summed E-state index contributed by atoms with van der Waals surface area (Å²) in [6.07, 6.45) is 3.75. The number of nitrogens with zero attached hydrogens (tertiary/aromatic N) is 2. The van der Waals surface area contributed by atoms with Crippen LogP contribution in [-0.4, -0.2) is 22.5 Å². The Balaban J connectivity index is 1.78. The number of hydrogen-bond donors (Lipinski definition) is 1. The summed E-state index contributed by atoms with van der Waals surface area (Å²) in [4.78, 5) is 18.8. The lowest BCUT2D eigenvalue weighted by Gasteiger charge is -2.23. The van der Waals surface area contributed by atoms with Crippen LogP contribution in [0, 0.1) is 0 Å². The van der Waals surface area contributed by atoms with E-state index in [4.69, 9.17) is 11.6 Å². The van der Waals surface area contributed by atoms with Gasteiger partial charge in [0.15, 0.2) is 5.60 Å². The average Bonchev–Trinajstić information content (AvgIpc) is 2.91. The highest BCUT2D eigenvalue weighted by molar-refractivity contribution is 6.30. The van der Waals surface area contributed by atoms with Crippen LogP contribution in [0.4, 0.5) is 5.69 Å². The van der Waals surface area contributed by atoms with Crippen molar-refractivity contribution in [3.8, 4) is 0 Å². The first-order valence-corrected chi connectivity index (χ1v) is 8.10. The summed E-state index contributed by atoms with van der Waals surface area (Å²) in [5, 5.41) is 13.4. The predicted octanol–water partition coefficient (Wildman–Crippen LogP) is 3.51. The normalized spacial score (nSPS) is 20.8. The molecular weight excluding hydrogens is 324 g/mol. The van der Waals surface area contributed by atoms with E-state index in [0.717, 1.165) is 16.5 Å². The first-order chi connectivity index (χ1) is 11.6. The van der Waals surface area contributed by atoms with Crippen molar-refractivity contribution < 1.29 is 9.90 Å². The molecule has 2 aromatic carbocycles. The van der Waals surface area contributed by atoms with Crippen LogP contribution in [0.15, 0.2) is 60.9 Å². The molecule has 4 nitrogen and oxygen atoms in total. The van der Waals surface area contributed by atoms with Crippen LogP contribution in [0.3, 0.4) is 0 Å².